The average Bonchev–Trinajstić information content (AvgIpc) is 2.24. The first-order chi connectivity index (χ1) is 8.11. The molecule has 0 atom stereocenters. The van der Waals surface area contributed by atoms with Crippen molar-refractivity contribution < 1.29 is 0 Å². The molecule has 1 aromatic heterocycles. The van der Waals surface area contributed by atoms with Crippen LogP contribution >= 0.6 is 0 Å². The second kappa shape index (κ2) is 4.38. The Hall–Kier alpha value is -1.94. The van der Waals surface area contributed by atoms with Crippen LogP contribution in [0.2, 0.25) is 0 Å². The molecule has 4 nitrogen and oxygen atoms in total. The summed E-state index contributed by atoms with van der Waals surface area (Å²) < 4.78 is 0. The van der Waals surface area contributed by atoms with Crippen molar-refractivity contribution in [3.63, 3.8) is 0 Å². The van der Waals surface area contributed by atoms with Gasteiger partial charge in [-0.05, 0) is 0 Å². The van der Waals surface area contributed by atoms with Crippen LogP contribution in [0, 0.1) is 22.7 Å². The quantitative estimate of drug-likeness (QED) is 0.701. The topological polar surface area (TPSA) is 73.4 Å². The largest absolute Gasteiger partial charge is 0.237 e. The van der Waals surface area contributed by atoms with Crippen LogP contribution in [-0.4, -0.2) is 9.97 Å². The first-order valence-corrected chi connectivity index (χ1v) is 5.84. The third-order valence-corrected chi connectivity index (χ3v) is 2.53. The minimum atomic E-state index is -0.213. The minimum absolute atomic E-state index is 0.107. The molecule has 1 heterocycles. The van der Waals surface area contributed by atoms with Gasteiger partial charge in [0.1, 0.15) is 12.1 Å². The van der Waals surface area contributed by atoms with Gasteiger partial charge in [-0.1, -0.05) is 41.5 Å². The fourth-order valence-corrected chi connectivity index (χ4v) is 1.64. The van der Waals surface area contributed by atoms with Crippen LogP contribution in [0.4, 0.5) is 0 Å². The van der Waals surface area contributed by atoms with E-state index in [9.17, 15) is 0 Å². The highest BCUT2D eigenvalue weighted by molar-refractivity contribution is 5.40. The lowest BCUT2D eigenvalue weighted by molar-refractivity contribution is 0.496. The molecule has 0 amide bonds. The van der Waals surface area contributed by atoms with E-state index in [0.29, 0.717) is 0 Å². The molecule has 0 radical (unpaired) electrons. The van der Waals surface area contributed by atoms with Crippen molar-refractivity contribution in [2.75, 3.05) is 0 Å². The maximum Gasteiger partial charge on any atom is 0.177 e. The Morgan fingerprint density at radius 1 is 0.722 bits per heavy atom. The molecule has 1 aromatic rings. The van der Waals surface area contributed by atoms with Crippen LogP contribution in [0.15, 0.2) is 0 Å². The van der Waals surface area contributed by atoms with Crippen molar-refractivity contribution >= 4 is 0 Å². The summed E-state index contributed by atoms with van der Waals surface area (Å²) in [4.78, 5) is 8.71. The molecule has 0 aliphatic heterocycles. The monoisotopic (exact) mass is 242 g/mol. The maximum atomic E-state index is 9.03. The van der Waals surface area contributed by atoms with Gasteiger partial charge in [-0.3, -0.25) is 0 Å². The van der Waals surface area contributed by atoms with Crippen LogP contribution in [0.5, 0.6) is 0 Å². The maximum absolute atomic E-state index is 9.03. The molecule has 0 aliphatic rings. The minimum Gasteiger partial charge on any atom is -0.237 e. The zero-order valence-corrected chi connectivity index (χ0v) is 11.8. The molecule has 0 aliphatic carbocycles. The lowest BCUT2D eigenvalue weighted by Crippen LogP contribution is -2.26. The molecule has 4 heteroatoms. The smallest absolute Gasteiger partial charge is 0.177 e. The Morgan fingerprint density at radius 3 is 1.17 bits per heavy atom. The molecule has 0 aromatic carbocycles. The summed E-state index contributed by atoms with van der Waals surface area (Å²) in [5.74, 6) is 0. The van der Waals surface area contributed by atoms with Crippen molar-refractivity contribution in [2.45, 2.75) is 52.4 Å². The summed E-state index contributed by atoms with van der Waals surface area (Å²) in [5, 5.41) is 18.1. The predicted molar refractivity (Wildman–Crippen MR) is 68.9 cm³/mol. The SMILES string of the molecule is CC(C)(C)c1nc(C#N)c(C#N)nc1C(C)(C)C. The highest BCUT2D eigenvalue weighted by Gasteiger charge is 2.29. The Kier molecular flexibility index (Phi) is 3.44. The van der Waals surface area contributed by atoms with Crippen LogP contribution in [-0.2, 0) is 10.8 Å². The molecule has 0 fully saturated rings. The lowest BCUT2D eigenvalue weighted by Gasteiger charge is -2.27. The summed E-state index contributed by atoms with van der Waals surface area (Å²) in [6.45, 7) is 12.2. The Balaban J connectivity index is 3.71. The van der Waals surface area contributed by atoms with Crippen molar-refractivity contribution in [3.8, 4) is 12.1 Å². The molecule has 0 unspecified atom stereocenters. The Bertz CT molecular complexity index is 494. The van der Waals surface area contributed by atoms with E-state index < -0.39 is 0 Å². The normalized spacial score (nSPS) is 11.8. The third kappa shape index (κ3) is 2.65. The van der Waals surface area contributed by atoms with Gasteiger partial charge < -0.3 is 0 Å². The molecule has 0 bridgehead atoms. The highest BCUT2D eigenvalue weighted by atomic mass is 14.9. The van der Waals surface area contributed by atoms with Gasteiger partial charge in [0, 0.05) is 10.8 Å². The zero-order valence-electron chi connectivity index (χ0n) is 11.8. The molecule has 18 heavy (non-hydrogen) atoms. The summed E-state index contributed by atoms with van der Waals surface area (Å²) in [5.41, 5.74) is 1.35. The van der Waals surface area contributed by atoms with Gasteiger partial charge in [-0.15, -0.1) is 0 Å². The van der Waals surface area contributed by atoms with Gasteiger partial charge in [-0.2, -0.15) is 10.5 Å². The zero-order chi connectivity index (χ0) is 14.1. The van der Waals surface area contributed by atoms with E-state index in [2.05, 4.69) is 9.97 Å². The van der Waals surface area contributed by atoms with E-state index in [1.807, 2.05) is 53.7 Å². The van der Waals surface area contributed by atoms with E-state index in [1.54, 1.807) is 0 Å². The van der Waals surface area contributed by atoms with Crippen LogP contribution in [0.1, 0.15) is 64.3 Å². The predicted octanol–water partition coefficient (Wildman–Crippen LogP) is 2.81. The van der Waals surface area contributed by atoms with E-state index >= 15 is 0 Å². The summed E-state index contributed by atoms with van der Waals surface area (Å²) >= 11 is 0. The van der Waals surface area contributed by atoms with Crippen LogP contribution < -0.4 is 0 Å². The van der Waals surface area contributed by atoms with E-state index in [-0.39, 0.29) is 22.2 Å². The Labute approximate surface area is 108 Å². The first-order valence-electron chi connectivity index (χ1n) is 5.84. The molecule has 94 valence electrons. The lowest BCUT2D eigenvalue weighted by atomic mass is 9.81. The number of hydrogen-bond acceptors (Lipinski definition) is 4. The number of aromatic nitrogens is 2. The van der Waals surface area contributed by atoms with Gasteiger partial charge in [0.05, 0.1) is 11.4 Å². The molecular formula is C14H18N4. The van der Waals surface area contributed by atoms with Crippen molar-refractivity contribution in [1.82, 2.24) is 9.97 Å². The third-order valence-electron chi connectivity index (χ3n) is 2.53. The van der Waals surface area contributed by atoms with Crippen molar-refractivity contribution in [3.05, 3.63) is 22.8 Å². The molecular weight excluding hydrogens is 224 g/mol. The fourth-order valence-electron chi connectivity index (χ4n) is 1.64. The summed E-state index contributed by atoms with van der Waals surface area (Å²) in [6, 6.07) is 3.88. The van der Waals surface area contributed by atoms with Crippen molar-refractivity contribution in [2.24, 2.45) is 0 Å². The van der Waals surface area contributed by atoms with Gasteiger partial charge in [0.25, 0.3) is 0 Å². The van der Waals surface area contributed by atoms with Gasteiger partial charge in [0.2, 0.25) is 0 Å². The molecule has 0 N–H and O–H groups in total. The fraction of sp³-hybridized carbons (Fsp3) is 0.571. The first kappa shape index (κ1) is 14.1. The second-order valence-electron chi connectivity index (χ2n) is 6.34. The van der Waals surface area contributed by atoms with E-state index in [4.69, 9.17) is 10.5 Å². The van der Waals surface area contributed by atoms with Gasteiger partial charge >= 0.3 is 0 Å². The second-order valence-corrected chi connectivity index (χ2v) is 6.34. The standard InChI is InChI=1S/C14H18N4/c1-13(2,3)11-12(14(4,5)6)18-10(8-16)9(7-15)17-11/h1-6H3. The Morgan fingerprint density at radius 2 is 1.00 bits per heavy atom. The molecule has 0 spiro atoms. The number of rotatable bonds is 0. The van der Waals surface area contributed by atoms with Gasteiger partial charge in [0.15, 0.2) is 11.4 Å². The van der Waals surface area contributed by atoms with Crippen molar-refractivity contribution in [1.29, 1.82) is 10.5 Å². The van der Waals surface area contributed by atoms with Crippen LogP contribution in [0.25, 0.3) is 0 Å². The van der Waals surface area contributed by atoms with E-state index in [0.717, 1.165) is 11.4 Å². The molecule has 0 saturated carbocycles. The number of nitriles is 2. The summed E-state index contributed by atoms with van der Waals surface area (Å²) in [6.07, 6.45) is 0. The van der Waals surface area contributed by atoms with E-state index in [1.165, 1.54) is 0 Å². The number of hydrogen-bond donors (Lipinski definition) is 0. The summed E-state index contributed by atoms with van der Waals surface area (Å²) in [7, 11) is 0. The number of nitrogens with zero attached hydrogens (tertiary/aromatic N) is 4. The van der Waals surface area contributed by atoms with Gasteiger partial charge in [-0.25, -0.2) is 9.97 Å². The molecule has 0 saturated heterocycles. The highest BCUT2D eigenvalue weighted by Crippen LogP contribution is 2.31. The molecule has 1 rings (SSSR count). The average molecular weight is 242 g/mol. The van der Waals surface area contributed by atoms with Crippen LogP contribution in [0.3, 0.4) is 0 Å².